The lowest BCUT2D eigenvalue weighted by Crippen LogP contribution is -2.26. The first-order valence-corrected chi connectivity index (χ1v) is 10.0. The number of aliphatic hydroxyl groups excluding tert-OH is 1. The minimum atomic E-state index is -0.802. The van der Waals surface area contributed by atoms with Crippen LogP contribution in [0.1, 0.15) is 90.9 Å². The normalized spacial score (nSPS) is 13.0. The third-order valence-corrected chi connectivity index (χ3v) is 4.28. The summed E-state index contributed by atoms with van der Waals surface area (Å²) in [5.74, 6) is -0.764. The molecule has 0 saturated heterocycles. The fraction of sp³-hybridized carbons (Fsp3) is 0.810. The molecule has 2 atom stereocenters. The molecule has 0 heterocycles. The van der Waals surface area contributed by atoms with Crippen molar-refractivity contribution in [3.05, 3.63) is 12.7 Å². The van der Waals surface area contributed by atoms with Crippen LogP contribution in [0.4, 0.5) is 0 Å². The average molecular weight is 371 g/mol. The Balaban J connectivity index is 3.75. The van der Waals surface area contributed by atoms with Gasteiger partial charge in [-0.15, -0.1) is 6.58 Å². The number of hydrogen-bond donors (Lipinski definition) is 1. The second kappa shape index (κ2) is 17.1. The van der Waals surface area contributed by atoms with Crippen LogP contribution in [-0.4, -0.2) is 35.9 Å². The largest absolute Gasteiger partial charge is 0.463 e. The van der Waals surface area contributed by atoms with Crippen molar-refractivity contribution < 1.29 is 24.2 Å². The smallest absolute Gasteiger partial charge is 0.302 e. The number of carbonyl (C=O) groups excluding carboxylic acids is 2. The maximum absolute atomic E-state index is 11.2. The molecular formula is C21H38O5. The van der Waals surface area contributed by atoms with E-state index in [0.717, 1.165) is 25.7 Å². The van der Waals surface area contributed by atoms with Crippen molar-refractivity contribution in [2.75, 3.05) is 6.61 Å². The lowest BCUT2D eigenvalue weighted by Gasteiger charge is -2.20. The topological polar surface area (TPSA) is 72.8 Å². The van der Waals surface area contributed by atoms with Gasteiger partial charge in [0.2, 0.25) is 0 Å². The zero-order chi connectivity index (χ0) is 19.6. The van der Waals surface area contributed by atoms with Crippen LogP contribution < -0.4 is 0 Å². The summed E-state index contributed by atoms with van der Waals surface area (Å²) in [6, 6.07) is 0. The van der Waals surface area contributed by atoms with Crippen molar-refractivity contribution in [2.45, 2.75) is 103 Å². The molecule has 0 aromatic carbocycles. The molecule has 1 N–H and O–H groups in total. The number of esters is 2. The fourth-order valence-electron chi connectivity index (χ4n) is 2.94. The van der Waals surface area contributed by atoms with E-state index in [4.69, 9.17) is 9.47 Å². The van der Waals surface area contributed by atoms with Gasteiger partial charge in [-0.2, -0.15) is 0 Å². The van der Waals surface area contributed by atoms with Gasteiger partial charge >= 0.3 is 11.9 Å². The van der Waals surface area contributed by atoms with E-state index in [1.807, 2.05) is 6.08 Å². The molecule has 26 heavy (non-hydrogen) atoms. The molecule has 5 nitrogen and oxygen atoms in total. The molecule has 5 heteroatoms. The summed E-state index contributed by atoms with van der Waals surface area (Å²) >= 11 is 0. The highest BCUT2D eigenvalue weighted by molar-refractivity contribution is 5.66. The highest BCUT2D eigenvalue weighted by Crippen LogP contribution is 2.16. The number of unbranched alkanes of at least 4 members (excludes halogenated alkanes) is 9. The molecule has 0 bridgehead atoms. The molecule has 152 valence electrons. The number of carbonyl (C=O) groups is 2. The Morgan fingerprint density at radius 3 is 1.96 bits per heavy atom. The molecule has 0 aliphatic carbocycles. The second-order valence-electron chi connectivity index (χ2n) is 6.97. The predicted octanol–water partition coefficient (Wildman–Crippen LogP) is 4.71. The fourth-order valence-corrected chi connectivity index (χ4v) is 2.94. The van der Waals surface area contributed by atoms with Gasteiger partial charge in [-0.3, -0.25) is 9.59 Å². The van der Waals surface area contributed by atoms with E-state index < -0.39 is 12.1 Å². The Morgan fingerprint density at radius 2 is 1.46 bits per heavy atom. The summed E-state index contributed by atoms with van der Waals surface area (Å²) in [5.41, 5.74) is 0. The van der Waals surface area contributed by atoms with E-state index in [0.29, 0.717) is 6.42 Å². The summed E-state index contributed by atoms with van der Waals surface area (Å²) in [5, 5.41) is 9.88. The SMILES string of the molecule is C=CCCCCCCCCCCC[C@H](C[C@H](O)COC(C)=O)OC(C)=O. The number of aliphatic hydroxyl groups is 1. The minimum absolute atomic E-state index is 0.0557. The Hall–Kier alpha value is -1.36. The standard InChI is InChI=1S/C21H38O5/c1-4-5-6-7-8-9-10-11-12-13-14-15-21(26-19(3)23)16-20(24)17-25-18(2)22/h4,20-21,24H,1,5-17H2,2-3H3/t20-,21+/m0/s1. The molecule has 0 rings (SSSR count). The van der Waals surface area contributed by atoms with E-state index in [1.54, 1.807) is 0 Å². The van der Waals surface area contributed by atoms with Gasteiger partial charge in [0, 0.05) is 20.3 Å². The van der Waals surface area contributed by atoms with Crippen LogP contribution in [-0.2, 0) is 19.1 Å². The van der Waals surface area contributed by atoms with Crippen LogP contribution in [0.25, 0.3) is 0 Å². The third-order valence-electron chi connectivity index (χ3n) is 4.28. The van der Waals surface area contributed by atoms with E-state index in [1.165, 1.54) is 58.8 Å². The van der Waals surface area contributed by atoms with Gasteiger partial charge in [0.05, 0.1) is 6.10 Å². The monoisotopic (exact) mass is 370 g/mol. The third kappa shape index (κ3) is 17.5. The van der Waals surface area contributed by atoms with Crippen LogP contribution in [0.15, 0.2) is 12.7 Å². The van der Waals surface area contributed by atoms with Crippen LogP contribution >= 0.6 is 0 Å². The van der Waals surface area contributed by atoms with Crippen LogP contribution in [0, 0.1) is 0 Å². The predicted molar refractivity (Wildman–Crippen MR) is 104 cm³/mol. The van der Waals surface area contributed by atoms with Gasteiger partial charge in [-0.05, 0) is 25.7 Å². The van der Waals surface area contributed by atoms with Gasteiger partial charge in [-0.25, -0.2) is 0 Å². The molecule has 0 aliphatic heterocycles. The average Bonchev–Trinajstić information content (AvgIpc) is 2.57. The second-order valence-corrected chi connectivity index (χ2v) is 6.97. The van der Waals surface area contributed by atoms with Crippen molar-refractivity contribution in [1.29, 1.82) is 0 Å². The lowest BCUT2D eigenvalue weighted by atomic mass is 10.0. The maximum atomic E-state index is 11.2. The molecule has 0 fully saturated rings. The molecular weight excluding hydrogens is 332 g/mol. The van der Waals surface area contributed by atoms with Gasteiger partial charge in [-0.1, -0.05) is 51.0 Å². The molecule has 0 aromatic rings. The summed E-state index contributed by atoms with van der Waals surface area (Å²) < 4.78 is 10.1. The zero-order valence-electron chi connectivity index (χ0n) is 16.7. The number of allylic oxidation sites excluding steroid dienone is 1. The molecule has 0 saturated carbocycles. The maximum Gasteiger partial charge on any atom is 0.302 e. The minimum Gasteiger partial charge on any atom is -0.463 e. The van der Waals surface area contributed by atoms with Crippen molar-refractivity contribution in [3.63, 3.8) is 0 Å². The Labute approximate surface area is 159 Å². The molecule has 0 aliphatic rings. The highest BCUT2D eigenvalue weighted by Gasteiger charge is 2.18. The van der Waals surface area contributed by atoms with Gasteiger partial charge < -0.3 is 14.6 Å². The Bertz CT molecular complexity index is 381. The van der Waals surface area contributed by atoms with E-state index in [9.17, 15) is 14.7 Å². The molecule has 0 spiro atoms. The summed E-state index contributed by atoms with van der Waals surface area (Å²) in [6.07, 6.45) is 14.0. The van der Waals surface area contributed by atoms with Crippen molar-refractivity contribution in [3.8, 4) is 0 Å². The van der Waals surface area contributed by atoms with Crippen molar-refractivity contribution >= 4 is 11.9 Å². The molecule has 0 radical (unpaired) electrons. The van der Waals surface area contributed by atoms with Gasteiger partial charge in [0.25, 0.3) is 0 Å². The number of ether oxygens (including phenoxy) is 2. The van der Waals surface area contributed by atoms with Crippen LogP contribution in [0.2, 0.25) is 0 Å². The first-order valence-electron chi connectivity index (χ1n) is 10.0. The van der Waals surface area contributed by atoms with E-state index in [-0.39, 0.29) is 18.7 Å². The van der Waals surface area contributed by atoms with Gasteiger partial charge in [0.1, 0.15) is 12.7 Å². The summed E-state index contributed by atoms with van der Waals surface area (Å²) in [6.45, 7) is 6.36. The number of rotatable bonds is 17. The zero-order valence-corrected chi connectivity index (χ0v) is 16.7. The number of hydrogen-bond acceptors (Lipinski definition) is 5. The van der Waals surface area contributed by atoms with Crippen molar-refractivity contribution in [1.82, 2.24) is 0 Å². The van der Waals surface area contributed by atoms with E-state index in [2.05, 4.69) is 6.58 Å². The van der Waals surface area contributed by atoms with Crippen molar-refractivity contribution in [2.24, 2.45) is 0 Å². The van der Waals surface area contributed by atoms with Crippen LogP contribution in [0.3, 0.4) is 0 Å². The molecule has 0 amide bonds. The Kier molecular flexibility index (Phi) is 16.2. The highest BCUT2D eigenvalue weighted by atomic mass is 16.5. The molecule has 0 aromatic heterocycles. The van der Waals surface area contributed by atoms with E-state index >= 15 is 0 Å². The van der Waals surface area contributed by atoms with Gasteiger partial charge in [0.15, 0.2) is 0 Å². The first kappa shape index (κ1) is 24.6. The quantitative estimate of drug-likeness (QED) is 0.228. The summed E-state index contributed by atoms with van der Waals surface area (Å²) in [7, 11) is 0. The Morgan fingerprint density at radius 1 is 0.923 bits per heavy atom. The molecule has 0 unspecified atom stereocenters. The first-order chi connectivity index (χ1) is 12.5. The summed E-state index contributed by atoms with van der Waals surface area (Å²) in [4.78, 5) is 22.0. The van der Waals surface area contributed by atoms with Crippen LogP contribution in [0.5, 0.6) is 0 Å². The lowest BCUT2D eigenvalue weighted by molar-refractivity contribution is -0.151.